The second kappa shape index (κ2) is 7.81. The zero-order valence-corrected chi connectivity index (χ0v) is 14.3. The number of para-hydroxylation sites is 1. The van der Waals surface area contributed by atoms with E-state index in [2.05, 4.69) is 0 Å². The summed E-state index contributed by atoms with van der Waals surface area (Å²) in [6, 6.07) is 8.37. The average Bonchev–Trinajstić information content (AvgIpc) is 2.59. The molecule has 0 radical (unpaired) electrons. The quantitative estimate of drug-likeness (QED) is 0.790. The predicted octanol–water partition coefficient (Wildman–Crippen LogP) is 0.213. The zero-order valence-electron chi connectivity index (χ0n) is 14.3. The first-order chi connectivity index (χ1) is 11.4. The van der Waals surface area contributed by atoms with E-state index < -0.39 is 6.04 Å². The van der Waals surface area contributed by atoms with Crippen molar-refractivity contribution in [3.8, 4) is 5.75 Å². The third-order valence-corrected chi connectivity index (χ3v) is 3.98. The van der Waals surface area contributed by atoms with Gasteiger partial charge in [0.1, 0.15) is 11.8 Å². The molecule has 2 rings (SSSR count). The lowest BCUT2D eigenvalue weighted by Gasteiger charge is -2.41. The summed E-state index contributed by atoms with van der Waals surface area (Å²) >= 11 is 0. The largest absolute Gasteiger partial charge is 0.484 e. The molecule has 0 aromatic heterocycles. The van der Waals surface area contributed by atoms with E-state index in [9.17, 15) is 14.4 Å². The van der Waals surface area contributed by atoms with Gasteiger partial charge in [0.25, 0.3) is 5.91 Å². The fraction of sp³-hybridized carbons (Fsp3) is 0.471. The van der Waals surface area contributed by atoms with Gasteiger partial charge < -0.3 is 19.4 Å². The Kier molecular flexibility index (Phi) is 5.78. The number of carbonyl (C=O) groups excluding carboxylic acids is 3. The van der Waals surface area contributed by atoms with Crippen molar-refractivity contribution in [2.75, 3.05) is 40.3 Å². The number of benzene rings is 1. The van der Waals surface area contributed by atoms with Gasteiger partial charge in [0.05, 0.1) is 6.54 Å². The molecule has 130 valence electrons. The van der Waals surface area contributed by atoms with Crippen LogP contribution in [0.5, 0.6) is 5.75 Å². The first kappa shape index (κ1) is 17.8. The number of hydrogen-bond donors (Lipinski definition) is 0. The molecule has 0 saturated carbocycles. The van der Waals surface area contributed by atoms with Crippen molar-refractivity contribution in [1.29, 1.82) is 0 Å². The number of hydrogen-bond acceptors (Lipinski definition) is 4. The Bertz CT molecular complexity index is 603. The Hall–Kier alpha value is -2.57. The smallest absolute Gasteiger partial charge is 0.261 e. The SMILES string of the molecule is CC(=O)N1CCN(C(=O)COc2ccccc2)[C@H](C(=O)N(C)C)C1. The number of piperazine rings is 1. The zero-order chi connectivity index (χ0) is 17.7. The number of rotatable bonds is 4. The van der Waals surface area contributed by atoms with Crippen molar-refractivity contribution < 1.29 is 19.1 Å². The van der Waals surface area contributed by atoms with Gasteiger partial charge in [0.15, 0.2) is 6.61 Å². The van der Waals surface area contributed by atoms with E-state index in [1.54, 1.807) is 31.1 Å². The molecule has 1 atom stereocenters. The third-order valence-electron chi connectivity index (χ3n) is 3.98. The number of carbonyl (C=O) groups is 3. The molecule has 1 saturated heterocycles. The first-order valence-corrected chi connectivity index (χ1v) is 7.84. The highest BCUT2D eigenvalue weighted by Gasteiger charge is 2.36. The van der Waals surface area contributed by atoms with Gasteiger partial charge in [-0.1, -0.05) is 18.2 Å². The first-order valence-electron chi connectivity index (χ1n) is 7.84. The highest BCUT2D eigenvalue weighted by Crippen LogP contribution is 2.14. The maximum atomic E-state index is 12.5. The molecule has 1 aliphatic rings. The highest BCUT2D eigenvalue weighted by atomic mass is 16.5. The molecular formula is C17H23N3O4. The number of ether oxygens (including phenoxy) is 1. The van der Waals surface area contributed by atoms with Crippen LogP contribution in [0.3, 0.4) is 0 Å². The molecule has 1 fully saturated rings. The molecule has 7 heteroatoms. The molecule has 0 unspecified atom stereocenters. The Morgan fingerprint density at radius 3 is 2.42 bits per heavy atom. The van der Waals surface area contributed by atoms with Gasteiger partial charge in [-0.3, -0.25) is 14.4 Å². The minimum absolute atomic E-state index is 0.0980. The van der Waals surface area contributed by atoms with Crippen molar-refractivity contribution in [2.24, 2.45) is 0 Å². The molecule has 0 N–H and O–H groups in total. The number of amides is 3. The van der Waals surface area contributed by atoms with Gasteiger partial charge in [0, 0.05) is 34.1 Å². The van der Waals surface area contributed by atoms with E-state index in [-0.39, 0.29) is 30.9 Å². The molecule has 0 aliphatic carbocycles. The fourth-order valence-corrected chi connectivity index (χ4v) is 2.62. The lowest BCUT2D eigenvalue weighted by atomic mass is 10.1. The maximum absolute atomic E-state index is 12.5. The molecule has 1 aromatic carbocycles. The minimum Gasteiger partial charge on any atom is -0.484 e. The summed E-state index contributed by atoms with van der Waals surface area (Å²) in [5, 5.41) is 0. The average molecular weight is 333 g/mol. The Morgan fingerprint density at radius 2 is 1.83 bits per heavy atom. The Labute approximate surface area is 141 Å². The number of nitrogens with zero attached hydrogens (tertiary/aromatic N) is 3. The van der Waals surface area contributed by atoms with Crippen LogP contribution < -0.4 is 4.74 Å². The lowest BCUT2D eigenvalue weighted by molar-refractivity contribution is -0.152. The molecule has 1 aliphatic heterocycles. The summed E-state index contributed by atoms with van der Waals surface area (Å²) in [4.78, 5) is 41.1. The summed E-state index contributed by atoms with van der Waals surface area (Å²) in [6.07, 6.45) is 0. The molecule has 0 bridgehead atoms. The standard InChI is InChI=1S/C17H23N3O4/c1-13(21)19-9-10-20(15(11-19)17(23)18(2)3)16(22)12-24-14-7-5-4-6-8-14/h4-8,15H,9-12H2,1-3H3/t15-/m0/s1. The van der Waals surface area contributed by atoms with Gasteiger partial charge in [-0.15, -0.1) is 0 Å². The topological polar surface area (TPSA) is 70.2 Å². The van der Waals surface area contributed by atoms with Crippen LogP contribution in [-0.4, -0.2) is 78.8 Å². The molecule has 7 nitrogen and oxygen atoms in total. The van der Waals surface area contributed by atoms with E-state index in [1.807, 2.05) is 18.2 Å². The Morgan fingerprint density at radius 1 is 1.17 bits per heavy atom. The molecule has 24 heavy (non-hydrogen) atoms. The molecule has 1 heterocycles. The summed E-state index contributed by atoms with van der Waals surface area (Å²) in [5.41, 5.74) is 0. The van der Waals surface area contributed by atoms with Gasteiger partial charge in [-0.25, -0.2) is 0 Å². The van der Waals surface area contributed by atoms with E-state index in [4.69, 9.17) is 4.74 Å². The predicted molar refractivity (Wildman–Crippen MR) is 88.4 cm³/mol. The van der Waals surface area contributed by atoms with E-state index in [0.29, 0.717) is 18.8 Å². The second-order valence-electron chi connectivity index (χ2n) is 5.90. The fourth-order valence-electron chi connectivity index (χ4n) is 2.62. The van der Waals surface area contributed by atoms with Gasteiger partial charge in [-0.05, 0) is 12.1 Å². The summed E-state index contributed by atoms with van der Waals surface area (Å²) < 4.78 is 5.49. The van der Waals surface area contributed by atoms with Gasteiger partial charge in [-0.2, -0.15) is 0 Å². The normalized spacial score (nSPS) is 17.4. The lowest BCUT2D eigenvalue weighted by Crippen LogP contribution is -2.61. The van der Waals surface area contributed by atoms with Crippen molar-refractivity contribution in [3.63, 3.8) is 0 Å². The van der Waals surface area contributed by atoms with Crippen LogP contribution in [0.4, 0.5) is 0 Å². The van der Waals surface area contributed by atoms with Crippen LogP contribution in [-0.2, 0) is 14.4 Å². The minimum atomic E-state index is -0.676. The van der Waals surface area contributed by atoms with Crippen molar-refractivity contribution in [1.82, 2.24) is 14.7 Å². The summed E-state index contributed by atoms with van der Waals surface area (Å²) in [6.45, 7) is 2.28. The Balaban J connectivity index is 2.06. The monoisotopic (exact) mass is 333 g/mol. The van der Waals surface area contributed by atoms with Crippen LogP contribution in [0.25, 0.3) is 0 Å². The van der Waals surface area contributed by atoms with E-state index in [0.717, 1.165) is 0 Å². The highest BCUT2D eigenvalue weighted by molar-refractivity contribution is 5.89. The van der Waals surface area contributed by atoms with Crippen molar-refractivity contribution >= 4 is 17.7 Å². The summed E-state index contributed by atoms with van der Waals surface area (Å²) in [7, 11) is 3.27. The molecule has 3 amide bonds. The van der Waals surface area contributed by atoms with Crippen LogP contribution in [0.2, 0.25) is 0 Å². The van der Waals surface area contributed by atoms with Crippen LogP contribution >= 0.6 is 0 Å². The third kappa shape index (κ3) is 4.24. The molecular weight excluding hydrogens is 310 g/mol. The maximum Gasteiger partial charge on any atom is 0.261 e. The van der Waals surface area contributed by atoms with Crippen molar-refractivity contribution in [3.05, 3.63) is 30.3 Å². The van der Waals surface area contributed by atoms with E-state index >= 15 is 0 Å². The second-order valence-corrected chi connectivity index (χ2v) is 5.90. The van der Waals surface area contributed by atoms with Crippen LogP contribution in [0, 0.1) is 0 Å². The molecule has 1 aromatic rings. The van der Waals surface area contributed by atoms with Gasteiger partial charge >= 0.3 is 0 Å². The number of likely N-dealkylation sites (N-methyl/N-ethyl adjacent to an activating group) is 1. The van der Waals surface area contributed by atoms with E-state index in [1.165, 1.54) is 16.7 Å². The van der Waals surface area contributed by atoms with Crippen molar-refractivity contribution in [2.45, 2.75) is 13.0 Å². The summed E-state index contributed by atoms with van der Waals surface area (Å²) in [5.74, 6) is 0.0409. The molecule has 0 spiro atoms. The van der Waals surface area contributed by atoms with Crippen LogP contribution in [0.15, 0.2) is 30.3 Å². The van der Waals surface area contributed by atoms with Crippen LogP contribution in [0.1, 0.15) is 6.92 Å². The van der Waals surface area contributed by atoms with Gasteiger partial charge in [0.2, 0.25) is 11.8 Å².